The van der Waals surface area contributed by atoms with Crippen molar-refractivity contribution in [1.29, 1.82) is 0 Å². The average molecular weight is 492 g/mol. The number of nitrogens with one attached hydrogen (secondary N) is 1. The molecule has 0 saturated carbocycles. The van der Waals surface area contributed by atoms with Gasteiger partial charge < -0.3 is 9.64 Å². The number of carbonyl (C=O) groups excluding carboxylic acids is 2. The van der Waals surface area contributed by atoms with Gasteiger partial charge >= 0.3 is 5.97 Å². The smallest absolute Gasteiger partial charge is 0.337 e. The molecule has 2 aromatic rings. The number of piperidine rings is 1. The van der Waals surface area contributed by atoms with Crippen LogP contribution in [0.3, 0.4) is 0 Å². The molecule has 0 aliphatic carbocycles. The van der Waals surface area contributed by atoms with E-state index in [1.54, 1.807) is 23.1 Å². The Morgan fingerprint density at radius 2 is 1.79 bits per heavy atom. The van der Waals surface area contributed by atoms with Crippen LogP contribution in [0.5, 0.6) is 0 Å². The average Bonchev–Trinajstić information content (AvgIpc) is 3.09. The maximum atomic E-state index is 12.7. The number of methoxy groups -OCH3 is 1. The molecule has 1 saturated heterocycles. The van der Waals surface area contributed by atoms with Crippen LogP contribution in [0.15, 0.2) is 62.7 Å². The zero-order valence-corrected chi connectivity index (χ0v) is 19.2. The Bertz CT molecular complexity index is 1360. The number of hydrogen-bond donors (Lipinski definition) is 1. The minimum atomic E-state index is -4.18. The van der Waals surface area contributed by atoms with Crippen LogP contribution in [-0.4, -0.2) is 59.6 Å². The lowest BCUT2D eigenvalue weighted by Crippen LogP contribution is -2.44. The predicted octanol–water partition coefficient (Wildman–Crippen LogP) is 1.14. The lowest BCUT2D eigenvalue weighted by Gasteiger charge is -2.32. The molecule has 0 radical (unpaired) electrons. The SMILES string of the molecule is COC(=O)c1cccc(S(=O)(=O)NC(=O)C2CCN(C3=NS(=O)(=O)c4ccccc43)CC2)c1. The number of nitrogens with zero attached hydrogens (tertiary/aromatic N) is 2. The van der Waals surface area contributed by atoms with Gasteiger partial charge in [0.2, 0.25) is 5.91 Å². The van der Waals surface area contributed by atoms with Crippen LogP contribution < -0.4 is 4.72 Å². The van der Waals surface area contributed by atoms with E-state index in [1.165, 1.54) is 31.4 Å². The van der Waals surface area contributed by atoms with Gasteiger partial charge in [-0.15, -0.1) is 4.40 Å². The first kappa shape index (κ1) is 22.9. The number of rotatable bonds is 4. The van der Waals surface area contributed by atoms with E-state index in [9.17, 15) is 26.4 Å². The van der Waals surface area contributed by atoms with Crippen LogP contribution in [0.1, 0.15) is 28.8 Å². The monoisotopic (exact) mass is 491 g/mol. The Morgan fingerprint density at radius 1 is 1.09 bits per heavy atom. The van der Waals surface area contributed by atoms with E-state index in [1.807, 2.05) is 0 Å². The maximum absolute atomic E-state index is 12.7. The van der Waals surface area contributed by atoms with E-state index in [-0.39, 0.29) is 15.4 Å². The van der Waals surface area contributed by atoms with Crippen molar-refractivity contribution < 1.29 is 31.2 Å². The molecule has 0 atom stereocenters. The van der Waals surface area contributed by atoms with E-state index in [0.717, 1.165) is 6.07 Å². The first-order valence-corrected chi connectivity index (χ1v) is 13.0. The number of ether oxygens (including phenoxy) is 1. The molecule has 10 nitrogen and oxygen atoms in total. The fourth-order valence-corrected chi connectivity index (χ4v) is 6.17. The summed E-state index contributed by atoms with van der Waals surface area (Å²) < 4.78 is 60.4. The summed E-state index contributed by atoms with van der Waals surface area (Å²) in [7, 11) is -6.74. The van der Waals surface area contributed by atoms with Crippen molar-refractivity contribution in [2.24, 2.45) is 10.3 Å². The number of fused-ring (bicyclic) bond motifs is 1. The molecule has 1 amide bonds. The quantitative estimate of drug-likeness (QED) is 0.628. The first-order valence-electron chi connectivity index (χ1n) is 10.1. The number of esters is 1. The largest absolute Gasteiger partial charge is 0.465 e. The third-order valence-electron chi connectivity index (χ3n) is 5.58. The second-order valence-corrected chi connectivity index (χ2v) is 10.9. The van der Waals surface area contributed by atoms with Crippen molar-refractivity contribution in [2.45, 2.75) is 22.6 Å². The van der Waals surface area contributed by atoms with Crippen LogP contribution in [0.2, 0.25) is 0 Å². The molecule has 2 aliphatic rings. The Balaban J connectivity index is 1.43. The highest BCUT2D eigenvalue weighted by Crippen LogP contribution is 2.29. The van der Waals surface area contributed by atoms with Gasteiger partial charge in [0.25, 0.3) is 20.0 Å². The second-order valence-electron chi connectivity index (χ2n) is 7.64. The molecule has 0 spiro atoms. The van der Waals surface area contributed by atoms with Gasteiger partial charge in [-0.2, -0.15) is 8.42 Å². The highest BCUT2D eigenvalue weighted by Gasteiger charge is 2.35. The van der Waals surface area contributed by atoms with Crippen LogP contribution in [0.25, 0.3) is 0 Å². The van der Waals surface area contributed by atoms with Gasteiger partial charge in [0.15, 0.2) is 5.84 Å². The molecule has 33 heavy (non-hydrogen) atoms. The Hall–Kier alpha value is -3.25. The van der Waals surface area contributed by atoms with Gasteiger partial charge in [0, 0.05) is 24.6 Å². The summed E-state index contributed by atoms with van der Waals surface area (Å²) in [5.41, 5.74) is 0.571. The highest BCUT2D eigenvalue weighted by molar-refractivity contribution is 7.90. The molecule has 0 aromatic heterocycles. The molecule has 0 unspecified atom stereocenters. The van der Waals surface area contributed by atoms with Crippen molar-refractivity contribution in [2.75, 3.05) is 20.2 Å². The van der Waals surface area contributed by atoms with Crippen molar-refractivity contribution in [3.8, 4) is 0 Å². The van der Waals surface area contributed by atoms with Crippen molar-refractivity contribution >= 4 is 37.8 Å². The third-order valence-corrected chi connectivity index (χ3v) is 8.25. The van der Waals surface area contributed by atoms with Gasteiger partial charge in [-0.25, -0.2) is 17.9 Å². The van der Waals surface area contributed by atoms with Crippen LogP contribution in [0.4, 0.5) is 0 Å². The number of likely N-dealkylation sites (tertiary alicyclic amines) is 1. The van der Waals surface area contributed by atoms with E-state index >= 15 is 0 Å². The molecule has 0 bridgehead atoms. The van der Waals surface area contributed by atoms with Crippen LogP contribution >= 0.6 is 0 Å². The molecule has 12 heteroatoms. The Kier molecular flexibility index (Phi) is 5.97. The van der Waals surface area contributed by atoms with Crippen molar-refractivity contribution in [1.82, 2.24) is 9.62 Å². The molecule has 1 N–H and O–H groups in total. The molecular weight excluding hydrogens is 470 g/mol. The molecule has 2 aliphatic heterocycles. The fourth-order valence-electron chi connectivity index (χ4n) is 3.85. The standard InChI is InChI=1S/C21H21N3O7S2/c1-31-21(26)15-5-4-6-16(13-15)32(27,28)23-20(25)14-9-11-24(12-10-14)19-17-7-2-3-8-18(17)33(29,30)22-19/h2-8,13-14H,9-12H2,1H3,(H,23,25). The summed E-state index contributed by atoms with van der Waals surface area (Å²) >= 11 is 0. The highest BCUT2D eigenvalue weighted by atomic mass is 32.2. The summed E-state index contributed by atoms with van der Waals surface area (Å²) in [6.45, 7) is 0.692. The minimum Gasteiger partial charge on any atom is -0.465 e. The number of benzene rings is 2. The van der Waals surface area contributed by atoms with E-state index < -0.39 is 37.8 Å². The Labute approximate surface area is 191 Å². The lowest BCUT2D eigenvalue weighted by molar-refractivity contribution is -0.124. The predicted molar refractivity (Wildman–Crippen MR) is 118 cm³/mol. The van der Waals surface area contributed by atoms with Crippen LogP contribution in [0, 0.1) is 5.92 Å². The normalized spacial score (nSPS) is 17.7. The van der Waals surface area contributed by atoms with Gasteiger partial charge in [0.1, 0.15) is 4.90 Å². The Morgan fingerprint density at radius 3 is 2.48 bits per heavy atom. The first-order chi connectivity index (χ1) is 15.6. The summed E-state index contributed by atoms with van der Waals surface area (Å²) in [5, 5.41) is 0. The van der Waals surface area contributed by atoms with E-state index in [0.29, 0.717) is 37.3 Å². The molecule has 1 fully saturated rings. The zero-order valence-electron chi connectivity index (χ0n) is 17.6. The minimum absolute atomic E-state index is 0.0497. The van der Waals surface area contributed by atoms with Crippen molar-refractivity contribution in [3.63, 3.8) is 0 Å². The van der Waals surface area contributed by atoms with Crippen LogP contribution in [-0.2, 0) is 29.6 Å². The van der Waals surface area contributed by atoms with Gasteiger partial charge in [-0.05, 0) is 43.2 Å². The topological polar surface area (TPSA) is 139 Å². The fraction of sp³-hybridized carbons (Fsp3) is 0.286. The van der Waals surface area contributed by atoms with Gasteiger partial charge in [-0.1, -0.05) is 18.2 Å². The number of carbonyl (C=O) groups is 2. The van der Waals surface area contributed by atoms with E-state index in [2.05, 4.69) is 13.9 Å². The molecule has 174 valence electrons. The summed E-state index contributed by atoms with van der Waals surface area (Å²) in [6.07, 6.45) is 0.648. The molecule has 2 heterocycles. The summed E-state index contributed by atoms with van der Waals surface area (Å²) in [4.78, 5) is 26.0. The second kappa shape index (κ2) is 8.60. The molecule has 2 aromatic carbocycles. The van der Waals surface area contributed by atoms with Crippen molar-refractivity contribution in [3.05, 3.63) is 59.7 Å². The zero-order chi connectivity index (χ0) is 23.8. The van der Waals surface area contributed by atoms with E-state index in [4.69, 9.17) is 0 Å². The number of amidine groups is 1. The third kappa shape index (κ3) is 4.48. The van der Waals surface area contributed by atoms with Gasteiger partial charge in [-0.3, -0.25) is 4.79 Å². The number of hydrogen-bond acceptors (Lipinski definition) is 8. The lowest BCUT2D eigenvalue weighted by atomic mass is 9.96. The van der Waals surface area contributed by atoms with Gasteiger partial charge in [0.05, 0.1) is 17.6 Å². The maximum Gasteiger partial charge on any atom is 0.337 e. The number of amides is 1. The molecule has 4 rings (SSSR count). The molecular formula is C21H21N3O7S2. The summed E-state index contributed by atoms with van der Waals surface area (Å²) in [6, 6.07) is 11.8. The number of sulfonamides is 2. The summed E-state index contributed by atoms with van der Waals surface area (Å²) in [5.74, 6) is -1.57.